The van der Waals surface area contributed by atoms with Gasteiger partial charge in [0.05, 0.1) is 6.04 Å². The maximum atomic E-state index is 11.7. The fraction of sp³-hybridized carbons (Fsp3) is 0.917. The molecule has 2 N–H and O–H groups in total. The molecule has 1 atom stereocenters. The second-order valence-electron chi connectivity index (χ2n) is 5.65. The Morgan fingerprint density at radius 3 is 2.47 bits per heavy atom. The average Bonchev–Trinajstić information content (AvgIpc) is 2.84. The second kappa shape index (κ2) is 4.97. The van der Waals surface area contributed by atoms with E-state index in [1.807, 2.05) is 27.7 Å². The van der Waals surface area contributed by atoms with Crippen LogP contribution >= 0.6 is 0 Å². The number of nitrogens with one attached hydrogen (secondary N) is 2. The summed E-state index contributed by atoms with van der Waals surface area (Å²) >= 11 is 0. The van der Waals surface area contributed by atoms with E-state index >= 15 is 0 Å². The standard InChI is InChI=1S/C12H24N2O/c1-9(11(15)14-12(2,3)4)13-8-7-10-5-6-10/h9-10,13H,5-8H2,1-4H3,(H,14,15). The molecular formula is C12H24N2O. The Morgan fingerprint density at radius 1 is 1.40 bits per heavy atom. The van der Waals surface area contributed by atoms with Crippen molar-refractivity contribution in [1.29, 1.82) is 0 Å². The maximum Gasteiger partial charge on any atom is 0.237 e. The molecule has 1 fully saturated rings. The molecule has 88 valence electrons. The first-order chi connectivity index (χ1) is 6.88. The summed E-state index contributed by atoms with van der Waals surface area (Å²) in [6.07, 6.45) is 3.97. The number of hydrogen-bond donors (Lipinski definition) is 2. The molecule has 1 rings (SSSR count). The van der Waals surface area contributed by atoms with Gasteiger partial charge in [-0.3, -0.25) is 4.79 Å². The van der Waals surface area contributed by atoms with Gasteiger partial charge in [-0.2, -0.15) is 0 Å². The van der Waals surface area contributed by atoms with E-state index in [0.29, 0.717) is 0 Å². The number of rotatable bonds is 5. The molecule has 1 amide bonds. The van der Waals surface area contributed by atoms with Gasteiger partial charge in [-0.15, -0.1) is 0 Å². The molecule has 0 heterocycles. The lowest BCUT2D eigenvalue weighted by molar-refractivity contribution is -0.124. The molecule has 0 aromatic heterocycles. The molecule has 1 saturated carbocycles. The van der Waals surface area contributed by atoms with Gasteiger partial charge in [-0.25, -0.2) is 0 Å². The van der Waals surface area contributed by atoms with E-state index in [1.165, 1.54) is 19.3 Å². The van der Waals surface area contributed by atoms with E-state index in [0.717, 1.165) is 12.5 Å². The molecule has 0 saturated heterocycles. The second-order valence-corrected chi connectivity index (χ2v) is 5.65. The fourth-order valence-electron chi connectivity index (χ4n) is 1.48. The monoisotopic (exact) mass is 212 g/mol. The highest BCUT2D eigenvalue weighted by atomic mass is 16.2. The van der Waals surface area contributed by atoms with Crippen LogP contribution in [-0.4, -0.2) is 24.0 Å². The lowest BCUT2D eigenvalue weighted by Gasteiger charge is -2.23. The van der Waals surface area contributed by atoms with Crippen LogP contribution in [0.15, 0.2) is 0 Å². The zero-order chi connectivity index (χ0) is 11.5. The highest BCUT2D eigenvalue weighted by Gasteiger charge is 2.22. The van der Waals surface area contributed by atoms with Crippen molar-refractivity contribution in [2.75, 3.05) is 6.54 Å². The first kappa shape index (κ1) is 12.5. The molecule has 0 radical (unpaired) electrons. The van der Waals surface area contributed by atoms with Crippen LogP contribution in [0.4, 0.5) is 0 Å². The summed E-state index contributed by atoms with van der Waals surface area (Å²) in [6.45, 7) is 8.89. The Labute approximate surface area is 93.0 Å². The molecule has 1 aliphatic rings. The molecule has 0 bridgehead atoms. The molecule has 0 aromatic rings. The predicted octanol–water partition coefficient (Wildman–Crippen LogP) is 1.68. The van der Waals surface area contributed by atoms with E-state index in [2.05, 4.69) is 10.6 Å². The van der Waals surface area contributed by atoms with Crippen molar-refractivity contribution in [3.05, 3.63) is 0 Å². The van der Waals surface area contributed by atoms with Crippen molar-refractivity contribution < 1.29 is 4.79 Å². The van der Waals surface area contributed by atoms with Crippen LogP contribution in [0.1, 0.15) is 47.0 Å². The minimum Gasteiger partial charge on any atom is -0.350 e. The predicted molar refractivity (Wildman–Crippen MR) is 62.7 cm³/mol. The van der Waals surface area contributed by atoms with Crippen molar-refractivity contribution in [1.82, 2.24) is 10.6 Å². The molecule has 3 nitrogen and oxygen atoms in total. The van der Waals surface area contributed by atoms with Crippen molar-refractivity contribution in [3.8, 4) is 0 Å². The maximum absolute atomic E-state index is 11.7. The van der Waals surface area contributed by atoms with Crippen LogP contribution in [0.3, 0.4) is 0 Å². The average molecular weight is 212 g/mol. The van der Waals surface area contributed by atoms with Crippen molar-refractivity contribution >= 4 is 5.91 Å². The van der Waals surface area contributed by atoms with Crippen LogP contribution in [-0.2, 0) is 4.79 Å². The zero-order valence-corrected chi connectivity index (χ0v) is 10.4. The third-order valence-electron chi connectivity index (χ3n) is 2.59. The molecule has 0 aliphatic heterocycles. The number of hydrogen-bond acceptors (Lipinski definition) is 2. The van der Waals surface area contributed by atoms with Crippen molar-refractivity contribution in [2.24, 2.45) is 5.92 Å². The van der Waals surface area contributed by atoms with Gasteiger partial charge in [-0.05, 0) is 46.6 Å². The van der Waals surface area contributed by atoms with E-state index in [9.17, 15) is 4.79 Å². The van der Waals surface area contributed by atoms with Gasteiger partial charge in [0.2, 0.25) is 5.91 Å². The highest BCUT2D eigenvalue weighted by Crippen LogP contribution is 2.31. The fourth-order valence-corrected chi connectivity index (χ4v) is 1.48. The third-order valence-corrected chi connectivity index (χ3v) is 2.59. The van der Waals surface area contributed by atoms with Gasteiger partial charge < -0.3 is 10.6 Å². The normalized spacial score (nSPS) is 18.7. The summed E-state index contributed by atoms with van der Waals surface area (Å²) in [4.78, 5) is 11.7. The first-order valence-corrected chi connectivity index (χ1v) is 5.94. The minimum atomic E-state index is -0.135. The molecule has 3 heteroatoms. The molecule has 1 aliphatic carbocycles. The Kier molecular flexibility index (Phi) is 4.14. The van der Waals surface area contributed by atoms with Gasteiger partial charge in [0.15, 0.2) is 0 Å². The SMILES string of the molecule is CC(NCCC1CC1)C(=O)NC(C)(C)C. The lowest BCUT2D eigenvalue weighted by Crippen LogP contribution is -2.49. The molecule has 0 spiro atoms. The van der Waals surface area contributed by atoms with Crippen LogP contribution in [0, 0.1) is 5.92 Å². The van der Waals surface area contributed by atoms with E-state index in [-0.39, 0.29) is 17.5 Å². The summed E-state index contributed by atoms with van der Waals surface area (Å²) in [6, 6.07) is -0.0806. The van der Waals surface area contributed by atoms with Gasteiger partial charge in [0, 0.05) is 5.54 Å². The van der Waals surface area contributed by atoms with Crippen LogP contribution in [0.25, 0.3) is 0 Å². The Morgan fingerprint density at radius 2 is 2.00 bits per heavy atom. The summed E-state index contributed by atoms with van der Waals surface area (Å²) < 4.78 is 0. The van der Waals surface area contributed by atoms with Crippen molar-refractivity contribution in [3.63, 3.8) is 0 Å². The molecule has 1 unspecified atom stereocenters. The smallest absolute Gasteiger partial charge is 0.237 e. The van der Waals surface area contributed by atoms with Gasteiger partial charge in [0.25, 0.3) is 0 Å². The van der Waals surface area contributed by atoms with Gasteiger partial charge in [0.1, 0.15) is 0 Å². The zero-order valence-electron chi connectivity index (χ0n) is 10.4. The molecular weight excluding hydrogens is 188 g/mol. The van der Waals surface area contributed by atoms with E-state index in [1.54, 1.807) is 0 Å². The Hall–Kier alpha value is -0.570. The molecule has 0 aromatic carbocycles. The number of carbonyl (C=O) groups excluding carboxylic acids is 1. The Balaban J connectivity index is 2.13. The summed E-state index contributed by atoms with van der Waals surface area (Å²) in [7, 11) is 0. The quantitative estimate of drug-likeness (QED) is 0.728. The van der Waals surface area contributed by atoms with Gasteiger partial charge in [-0.1, -0.05) is 12.8 Å². The molecule has 15 heavy (non-hydrogen) atoms. The Bertz CT molecular complexity index is 216. The van der Waals surface area contributed by atoms with E-state index < -0.39 is 0 Å². The van der Waals surface area contributed by atoms with Crippen LogP contribution in [0.2, 0.25) is 0 Å². The van der Waals surface area contributed by atoms with E-state index in [4.69, 9.17) is 0 Å². The highest BCUT2D eigenvalue weighted by molar-refractivity contribution is 5.81. The first-order valence-electron chi connectivity index (χ1n) is 5.94. The largest absolute Gasteiger partial charge is 0.350 e. The van der Waals surface area contributed by atoms with Gasteiger partial charge >= 0.3 is 0 Å². The lowest BCUT2D eigenvalue weighted by atomic mass is 10.1. The number of amides is 1. The third kappa shape index (κ3) is 5.78. The summed E-state index contributed by atoms with van der Waals surface area (Å²) in [5, 5.41) is 6.24. The minimum absolute atomic E-state index is 0.0806. The topological polar surface area (TPSA) is 41.1 Å². The van der Waals surface area contributed by atoms with Crippen molar-refractivity contribution in [2.45, 2.75) is 58.5 Å². The summed E-state index contributed by atoms with van der Waals surface area (Å²) in [5.41, 5.74) is -0.135. The number of carbonyl (C=O) groups is 1. The van der Waals surface area contributed by atoms with Crippen LogP contribution < -0.4 is 10.6 Å². The van der Waals surface area contributed by atoms with Crippen LogP contribution in [0.5, 0.6) is 0 Å². The summed E-state index contributed by atoms with van der Waals surface area (Å²) in [5.74, 6) is 1.02.